The van der Waals surface area contributed by atoms with Crippen LogP contribution >= 0.6 is 23.5 Å². The normalized spacial score (nSPS) is 18.5. The zero-order valence-corrected chi connectivity index (χ0v) is 41.2. The lowest BCUT2D eigenvalue weighted by Crippen LogP contribution is -2.46. The smallest absolute Gasteiger partial charge is 0.374 e. The van der Waals surface area contributed by atoms with E-state index in [-0.39, 0.29) is 0 Å². The third-order valence-electron chi connectivity index (χ3n) is 10.2. The molecular formula is C40H86O9S2Si3. The Morgan fingerprint density at radius 3 is 1.07 bits per heavy atom. The monoisotopic (exact) mass is 859 g/mol. The van der Waals surface area contributed by atoms with Gasteiger partial charge in [-0.25, -0.2) is 0 Å². The molecule has 3 unspecified atom stereocenters. The second-order valence-electron chi connectivity index (χ2n) is 14.1. The predicted molar refractivity (Wildman–Crippen MR) is 237 cm³/mol. The van der Waals surface area contributed by atoms with Crippen LogP contribution in [0.4, 0.5) is 0 Å². The van der Waals surface area contributed by atoms with Crippen molar-refractivity contribution in [2.75, 3.05) is 82.5 Å². The largest absolute Gasteiger partial charge is 0.500 e. The second-order valence-corrected chi connectivity index (χ2v) is 24.8. The van der Waals surface area contributed by atoms with Gasteiger partial charge in [0.05, 0.1) is 0 Å². The van der Waals surface area contributed by atoms with Gasteiger partial charge in [-0.2, -0.15) is 23.5 Å². The van der Waals surface area contributed by atoms with Crippen LogP contribution in [0.15, 0.2) is 0 Å². The van der Waals surface area contributed by atoms with Gasteiger partial charge in [-0.1, -0.05) is 32.1 Å². The molecule has 0 bridgehead atoms. The van der Waals surface area contributed by atoms with E-state index in [0.717, 1.165) is 66.7 Å². The van der Waals surface area contributed by atoms with Gasteiger partial charge >= 0.3 is 26.4 Å². The summed E-state index contributed by atoms with van der Waals surface area (Å²) in [5.74, 6) is 7.20. The van der Waals surface area contributed by atoms with Crippen molar-refractivity contribution in [3.63, 3.8) is 0 Å². The lowest BCUT2D eigenvalue weighted by Gasteiger charge is -2.38. The molecular weight excluding hydrogens is 773 g/mol. The summed E-state index contributed by atoms with van der Waals surface area (Å²) in [6.45, 7) is 24.3. The third kappa shape index (κ3) is 22.4. The van der Waals surface area contributed by atoms with Crippen molar-refractivity contribution in [3.8, 4) is 0 Å². The third-order valence-corrected chi connectivity index (χ3v) is 21.9. The lowest BCUT2D eigenvalue weighted by atomic mass is 9.70. The van der Waals surface area contributed by atoms with Crippen LogP contribution in [0.25, 0.3) is 0 Å². The van der Waals surface area contributed by atoms with Crippen molar-refractivity contribution >= 4 is 49.9 Å². The number of thioether (sulfide) groups is 2. The maximum absolute atomic E-state index is 6.23. The summed E-state index contributed by atoms with van der Waals surface area (Å²) < 4.78 is 55.0. The zero-order chi connectivity index (χ0) is 39.8. The molecule has 0 spiro atoms. The van der Waals surface area contributed by atoms with Gasteiger partial charge in [-0.05, 0) is 148 Å². The molecule has 1 rings (SSSR count). The van der Waals surface area contributed by atoms with E-state index >= 15 is 0 Å². The summed E-state index contributed by atoms with van der Waals surface area (Å²) in [5, 5.41) is 0. The Balaban J connectivity index is 2.64. The van der Waals surface area contributed by atoms with E-state index in [4.69, 9.17) is 39.8 Å². The molecule has 1 saturated carbocycles. The fourth-order valence-corrected chi connectivity index (χ4v) is 18.4. The van der Waals surface area contributed by atoms with E-state index in [1.807, 2.05) is 41.5 Å². The first kappa shape index (κ1) is 53.0. The van der Waals surface area contributed by atoms with E-state index in [2.05, 4.69) is 44.3 Å². The summed E-state index contributed by atoms with van der Waals surface area (Å²) in [6, 6.07) is 2.78. The van der Waals surface area contributed by atoms with Crippen LogP contribution in [0.1, 0.15) is 139 Å². The van der Waals surface area contributed by atoms with Crippen molar-refractivity contribution in [2.24, 2.45) is 17.8 Å². The van der Waals surface area contributed by atoms with Crippen molar-refractivity contribution in [2.45, 2.75) is 157 Å². The molecule has 0 aliphatic heterocycles. The minimum absolute atomic E-state index is 0.650. The van der Waals surface area contributed by atoms with E-state index in [9.17, 15) is 0 Å². The van der Waals surface area contributed by atoms with Crippen molar-refractivity contribution < 1.29 is 39.8 Å². The highest BCUT2D eigenvalue weighted by Crippen LogP contribution is 2.42. The van der Waals surface area contributed by atoms with Gasteiger partial charge in [-0.3, -0.25) is 0 Å². The van der Waals surface area contributed by atoms with Gasteiger partial charge in [0.1, 0.15) is 0 Å². The Hall–Kier alpha value is 0.991. The molecule has 0 heterocycles. The number of rotatable bonds is 39. The molecule has 1 fully saturated rings. The van der Waals surface area contributed by atoms with Crippen molar-refractivity contribution in [3.05, 3.63) is 0 Å². The Morgan fingerprint density at radius 1 is 0.370 bits per heavy atom. The Bertz CT molecular complexity index is 803. The summed E-state index contributed by atoms with van der Waals surface area (Å²) in [5.41, 5.74) is 0. The van der Waals surface area contributed by atoms with E-state index < -0.39 is 26.4 Å². The van der Waals surface area contributed by atoms with Crippen LogP contribution in [0, 0.1) is 17.8 Å². The highest BCUT2D eigenvalue weighted by molar-refractivity contribution is 7.99. The van der Waals surface area contributed by atoms with Gasteiger partial charge in [0.2, 0.25) is 0 Å². The van der Waals surface area contributed by atoms with Gasteiger partial charge in [0.15, 0.2) is 0 Å². The Kier molecular flexibility index (Phi) is 33.2. The molecule has 0 N–H and O–H groups in total. The minimum Gasteiger partial charge on any atom is -0.374 e. The molecule has 0 amide bonds. The van der Waals surface area contributed by atoms with Crippen LogP contribution < -0.4 is 0 Å². The molecule has 0 aromatic carbocycles. The topological polar surface area (TPSA) is 83.1 Å². The molecule has 3 atom stereocenters. The molecule has 14 heteroatoms. The van der Waals surface area contributed by atoms with E-state index in [1.54, 1.807) is 0 Å². The maximum atomic E-state index is 6.23. The quantitative estimate of drug-likeness (QED) is 0.0438. The molecule has 0 aromatic heterocycles. The van der Waals surface area contributed by atoms with Crippen LogP contribution in [-0.4, -0.2) is 109 Å². The molecule has 0 saturated heterocycles. The molecule has 324 valence electrons. The molecule has 54 heavy (non-hydrogen) atoms. The molecule has 1 aliphatic rings. The average Bonchev–Trinajstić information content (AvgIpc) is 3.14. The highest BCUT2D eigenvalue weighted by atomic mass is 32.2. The summed E-state index contributed by atoms with van der Waals surface area (Å²) in [7, 11) is -7.65. The Morgan fingerprint density at radius 2 is 0.704 bits per heavy atom. The summed E-state index contributed by atoms with van der Waals surface area (Å²) >= 11 is 4.18. The summed E-state index contributed by atoms with van der Waals surface area (Å²) in [4.78, 5) is 0. The van der Waals surface area contributed by atoms with Crippen LogP contribution in [-0.2, 0) is 39.8 Å². The molecule has 9 nitrogen and oxygen atoms in total. The predicted octanol–water partition coefficient (Wildman–Crippen LogP) is 11.1. The van der Waals surface area contributed by atoms with Gasteiger partial charge < -0.3 is 39.8 Å². The SMILES string of the molecule is CCO[Si](CCCSCCCCC1CCC(CC[Si](OCC)(OCC)OCC)CC1CCCCSCCC[Si](OCC)(OCC)OCC)(OCC)OCC. The number of unbranched alkanes of at least 4 members (excludes halogenated alkanes) is 2. The fourth-order valence-electron chi connectivity index (χ4n) is 8.01. The standard InChI is InChI=1S/C40H86O9S2Si3/c1-10-41-52(42-11-2,43-12-3)34-23-32-50-30-21-19-25-39-28-27-38(29-36-54(47-16-7,48-17-8)49-18-9)37-40(39)26-20-22-31-51-33-24-35-53(44-13-4,45-14-5)46-15-6/h38-40H,10-37H2,1-9H3. The van der Waals surface area contributed by atoms with Gasteiger partial charge in [-0.15, -0.1) is 0 Å². The van der Waals surface area contributed by atoms with Crippen LogP contribution in [0.3, 0.4) is 0 Å². The number of hydrogen-bond donors (Lipinski definition) is 0. The minimum atomic E-state index is -2.60. The zero-order valence-electron chi connectivity index (χ0n) is 36.5. The number of hydrogen-bond acceptors (Lipinski definition) is 11. The molecule has 1 aliphatic carbocycles. The van der Waals surface area contributed by atoms with Crippen LogP contribution in [0.5, 0.6) is 0 Å². The van der Waals surface area contributed by atoms with E-state index in [0.29, 0.717) is 59.5 Å². The van der Waals surface area contributed by atoms with Crippen molar-refractivity contribution in [1.29, 1.82) is 0 Å². The molecule has 0 aromatic rings. The van der Waals surface area contributed by atoms with Crippen molar-refractivity contribution in [1.82, 2.24) is 0 Å². The first-order valence-electron chi connectivity index (χ1n) is 22.2. The van der Waals surface area contributed by atoms with Crippen LogP contribution in [0.2, 0.25) is 18.1 Å². The van der Waals surface area contributed by atoms with Gasteiger partial charge in [0.25, 0.3) is 0 Å². The average molecular weight is 860 g/mol. The highest BCUT2D eigenvalue weighted by Gasteiger charge is 2.42. The lowest BCUT2D eigenvalue weighted by molar-refractivity contribution is 0.0667. The Labute approximate surface area is 345 Å². The van der Waals surface area contributed by atoms with E-state index in [1.165, 1.54) is 69.3 Å². The summed E-state index contributed by atoms with van der Waals surface area (Å²) in [6.07, 6.45) is 15.4. The fraction of sp³-hybridized carbons (Fsp3) is 1.00. The first-order chi connectivity index (χ1) is 26.3. The molecule has 0 radical (unpaired) electrons. The van der Waals surface area contributed by atoms with Gasteiger partial charge in [0, 0.05) is 77.6 Å². The maximum Gasteiger partial charge on any atom is 0.500 e. The second kappa shape index (κ2) is 33.8. The first-order valence-corrected chi connectivity index (χ1v) is 30.3.